The summed E-state index contributed by atoms with van der Waals surface area (Å²) in [5, 5.41) is 0. The summed E-state index contributed by atoms with van der Waals surface area (Å²) in [6.07, 6.45) is 13.5. The Kier molecular flexibility index (Phi) is 1.60. The molecule has 0 amide bonds. The summed E-state index contributed by atoms with van der Waals surface area (Å²) in [6, 6.07) is 0. The van der Waals surface area contributed by atoms with Gasteiger partial charge in [0.25, 0.3) is 0 Å². The van der Waals surface area contributed by atoms with Crippen LogP contribution in [0.1, 0.15) is 6.42 Å². The predicted octanol–water partition coefficient (Wildman–Crippen LogP) is 1.19. The van der Waals surface area contributed by atoms with Gasteiger partial charge in [0.1, 0.15) is 18.9 Å². The van der Waals surface area contributed by atoms with Crippen molar-refractivity contribution in [2.75, 3.05) is 0 Å². The molecule has 0 radical (unpaired) electrons. The van der Waals surface area contributed by atoms with Crippen LogP contribution in [0, 0.1) is 0 Å². The van der Waals surface area contributed by atoms with Gasteiger partial charge in [-0.25, -0.2) is 4.57 Å². The largest absolute Gasteiger partial charge is 0.250 e. The summed E-state index contributed by atoms with van der Waals surface area (Å²) in [5.74, 6) is 0. The van der Waals surface area contributed by atoms with Gasteiger partial charge >= 0.3 is 0 Å². The van der Waals surface area contributed by atoms with Crippen molar-refractivity contribution in [3.63, 3.8) is 0 Å². The van der Waals surface area contributed by atoms with Gasteiger partial charge in [-0.05, 0) is 12.0 Å². The maximum Gasteiger partial charge on any atom is 0.241 e. The lowest BCUT2D eigenvalue weighted by molar-refractivity contribution is -0.687. The van der Waals surface area contributed by atoms with E-state index in [9.17, 15) is 0 Å². The molecule has 1 aromatic rings. The molecule has 1 aliphatic rings. The van der Waals surface area contributed by atoms with Crippen LogP contribution in [0.4, 0.5) is 0 Å². The molecule has 0 atom stereocenters. The van der Waals surface area contributed by atoms with Crippen molar-refractivity contribution >= 4 is 0 Å². The van der Waals surface area contributed by atoms with Crippen molar-refractivity contribution in [1.29, 1.82) is 0 Å². The Hall–Kier alpha value is -1.31. The van der Waals surface area contributed by atoms with E-state index < -0.39 is 0 Å². The smallest absolute Gasteiger partial charge is 0.241 e. The second-order valence-corrected chi connectivity index (χ2v) is 2.74. The zero-order valence-corrected chi connectivity index (χ0v) is 6.33. The van der Waals surface area contributed by atoms with Crippen LogP contribution >= 0.6 is 0 Å². The van der Waals surface area contributed by atoms with Crippen LogP contribution in [0.3, 0.4) is 0 Å². The molecule has 0 bridgehead atoms. The molecule has 1 N–H and O–H groups in total. The third kappa shape index (κ3) is 1.40. The highest BCUT2D eigenvalue weighted by atomic mass is 15.0. The van der Waals surface area contributed by atoms with E-state index >= 15 is 0 Å². The van der Waals surface area contributed by atoms with Crippen LogP contribution in [0.5, 0.6) is 0 Å². The van der Waals surface area contributed by atoms with Gasteiger partial charge in [0.05, 0.1) is 0 Å². The van der Waals surface area contributed by atoms with E-state index in [1.165, 1.54) is 5.57 Å². The molecule has 2 rings (SSSR count). The summed E-state index contributed by atoms with van der Waals surface area (Å²) < 4.78 is 2.14. The molecule has 1 heterocycles. The average Bonchev–Trinajstić information content (AvgIpc) is 2.60. The zero-order chi connectivity index (χ0) is 7.52. The van der Waals surface area contributed by atoms with Crippen molar-refractivity contribution in [1.82, 2.24) is 4.98 Å². The fraction of sp³-hybridized carbons (Fsp3) is 0.222. The highest BCUT2D eigenvalue weighted by molar-refractivity contribution is 5.21. The van der Waals surface area contributed by atoms with Crippen LogP contribution in [-0.4, -0.2) is 4.98 Å². The average molecular weight is 147 g/mol. The number of nitrogens with zero attached hydrogens (tertiary/aromatic N) is 1. The van der Waals surface area contributed by atoms with Gasteiger partial charge in [-0.3, -0.25) is 4.98 Å². The predicted molar refractivity (Wildman–Crippen MR) is 42.8 cm³/mol. The van der Waals surface area contributed by atoms with Crippen LogP contribution in [0.25, 0.3) is 0 Å². The van der Waals surface area contributed by atoms with E-state index in [1.807, 2.05) is 18.7 Å². The van der Waals surface area contributed by atoms with Crippen LogP contribution in [-0.2, 0) is 6.54 Å². The Morgan fingerprint density at radius 2 is 2.55 bits per heavy atom. The molecule has 0 saturated carbocycles. The van der Waals surface area contributed by atoms with Crippen LogP contribution in [0.15, 0.2) is 42.5 Å². The van der Waals surface area contributed by atoms with Crippen molar-refractivity contribution < 1.29 is 4.57 Å². The Balaban J connectivity index is 2.02. The Labute approximate surface area is 65.9 Å². The van der Waals surface area contributed by atoms with Gasteiger partial charge in [0.15, 0.2) is 0 Å². The van der Waals surface area contributed by atoms with E-state index in [1.54, 1.807) is 0 Å². The topological polar surface area (TPSA) is 19.7 Å². The van der Waals surface area contributed by atoms with Gasteiger partial charge in [-0.15, -0.1) is 0 Å². The van der Waals surface area contributed by atoms with Gasteiger partial charge in [-0.2, -0.15) is 0 Å². The minimum atomic E-state index is 1.01. The van der Waals surface area contributed by atoms with Gasteiger partial charge in [0.2, 0.25) is 6.33 Å². The maximum absolute atomic E-state index is 3.02. The summed E-state index contributed by atoms with van der Waals surface area (Å²) in [5.41, 5.74) is 1.47. The maximum atomic E-state index is 3.02. The SMILES string of the molecule is C1=CCC(C[n+]2cc[nH]c2)=C1. The number of nitrogens with one attached hydrogen (secondary N) is 1. The summed E-state index contributed by atoms with van der Waals surface area (Å²) >= 11 is 0. The molecule has 56 valence electrons. The first kappa shape index (κ1) is 6.40. The van der Waals surface area contributed by atoms with Crippen LogP contribution < -0.4 is 4.57 Å². The molecule has 0 fully saturated rings. The van der Waals surface area contributed by atoms with Crippen molar-refractivity contribution in [2.45, 2.75) is 13.0 Å². The van der Waals surface area contributed by atoms with E-state index in [0.29, 0.717) is 0 Å². The summed E-state index contributed by atoms with van der Waals surface area (Å²) in [7, 11) is 0. The highest BCUT2D eigenvalue weighted by Gasteiger charge is 2.02. The minimum absolute atomic E-state index is 1.01. The van der Waals surface area contributed by atoms with Crippen molar-refractivity contribution in [3.05, 3.63) is 42.5 Å². The normalized spacial score (nSPS) is 15.5. The number of aromatic nitrogens is 2. The van der Waals surface area contributed by atoms with E-state index in [-0.39, 0.29) is 0 Å². The monoisotopic (exact) mass is 147 g/mol. The standard InChI is InChI=1S/C9H10N2/c1-2-4-9(3-1)7-11-6-5-10-8-11/h1-3,5-6,8H,4,7H2/p+1. The number of rotatable bonds is 2. The molecular formula is C9H11N2+. The van der Waals surface area contributed by atoms with E-state index in [4.69, 9.17) is 0 Å². The molecule has 11 heavy (non-hydrogen) atoms. The first-order valence-corrected chi connectivity index (χ1v) is 3.81. The molecule has 2 nitrogen and oxygen atoms in total. The molecule has 1 aliphatic carbocycles. The second kappa shape index (κ2) is 2.74. The Bertz CT molecular complexity index is 281. The van der Waals surface area contributed by atoms with Crippen molar-refractivity contribution in [2.24, 2.45) is 0 Å². The quantitative estimate of drug-likeness (QED) is 0.606. The number of hydrogen-bond donors (Lipinski definition) is 1. The molecule has 0 saturated heterocycles. The van der Waals surface area contributed by atoms with E-state index in [0.717, 1.165) is 13.0 Å². The zero-order valence-electron chi connectivity index (χ0n) is 6.33. The molecule has 2 heteroatoms. The molecular weight excluding hydrogens is 136 g/mol. The fourth-order valence-electron chi connectivity index (χ4n) is 1.26. The second-order valence-electron chi connectivity index (χ2n) is 2.74. The van der Waals surface area contributed by atoms with Gasteiger partial charge in [0, 0.05) is 0 Å². The van der Waals surface area contributed by atoms with Crippen LogP contribution in [0.2, 0.25) is 0 Å². The number of allylic oxidation sites excluding steroid dienone is 4. The number of hydrogen-bond acceptors (Lipinski definition) is 0. The lowest BCUT2D eigenvalue weighted by Crippen LogP contribution is -2.31. The molecule has 0 aliphatic heterocycles. The first-order valence-electron chi connectivity index (χ1n) is 3.81. The Morgan fingerprint density at radius 3 is 3.18 bits per heavy atom. The Morgan fingerprint density at radius 1 is 1.55 bits per heavy atom. The van der Waals surface area contributed by atoms with Gasteiger partial charge in [-0.1, -0.05) is 18.2 Å². The first-order chi connectivity index (χ1) is 5.45. The molecule has 0 unspecified atom stereocenters. The lowest BCUT2D eigenvalue weighted by Gasteiger charge is -1.95. The summed E-state index contributed by atoms with van der Waals surface area (Å²) in [4.78, 5) is 3.02. The third-order valence-corrected chi connectivity index (χ3v) is 1.84. The number of H-pyrrole nitrogens is 1. The lowest BCUT2D eigenvalue weighted by atomic mass is 10.2. The number of aromatic amines is 1. The molecule has 1 aromatic heterocycles. The van der Waals surface area contributed by atoms with Gasteiger partial charge < -0.3 is 0 Å². The fourth-order valence-corrected chi connectivity index (χ4v) is 1.26. The molecule has 0 spiro atoms. The third-order valence-electron chi connectivity index (χ3n) is 1.84. The van der Waals surface area contributed by atoms with E-state index in [2.05, 4.69) is 27.8 Å². The summed E-state index contributed by atoms with van der Waals surface area (Å²) in [6.45, 7) is 1.01. The molecule has 0 aromatic carbocycles. The van der Waals surface area contributed by atoms with Crippen molar-refractivity contribution in [3.8, 4) is 0 Å². The number of imidazole rings is 1. The highest BCUT2D eigenvalue weighted by Crippen LogP contribution is 2.09. The minimum Gasteiger partial charge on any atom is -0.250 e.